The minimum absolute atomic E-state index is 0.849. The number of hydrogen-bond donors (Lipinski definition) is 0. The smallest absolute Gasteiger partial charge is 0.153 e. The molecule has 0 unspecified atom stereocenters. The third-order valence-electron chi connectivity index (χ3n) is 3.74. The van der Waals surface area contributed by atoms with Crippen molar-refractivity contribution in [2.24, 2.45) is 0 Å². The molecule has 0 radical (unpaired) electrons. The van der Waals surface area contributed by atoms with Gasteiger partial charge in [0.05, 0.1) is 12.7 Å². The highest BCUT2D eigenvalue weighted by atomic mass is 15.3. The fraction of sp³-hybridized carbons (Fsp3) is 0.333. The van der Waals surface area contributed by atoms with Crippen LogP contribution in [0.5, 0.6) is 0 Å². The van der Waals surface area contributed by atoms with Gasteiger partial charge in [0, 0.05) is 37.5 Å². The number of rotatable bonds is 3. The van der Waals surface area contributed by atoms with Crippen LogP contribution in [0.4, 0.5) is 0 Å². The van der Waals surface area contributed by atoms with Crippen molar-refractivity contribution in [1.82, 2.24) is 19.7 Å². The summed E-state index contributed by atoms with van der Waals surface area (Å²) in [6.45, 7) is 4.97. The van der Waals surface area contributed by atoms with Gasteiger partial charge in [-0.1, -0.05) is 25.0 Å². The van der Waals surface area contributed by atoms with Crippen molar-refractivity contribution in [3.63, 3.8) is 0 Å². The van der Waals surface area contributed by atoms with Crippen LogP contribution in [0.2, 0.25) is 0 Å². The van der Waals surface area contributed by atoms with Crippen molar-refractivity contribution in [2.75, 3.05) is 19.6 Å². The molecule has 0 saturated heterocycles. The van der Waals surface area contributed by atoms with Gasteiger partial charge in [0.15, 0.2) is 5.82 Å². The molecule has 112 valence electrons. The second kappa shape index (κ2) is 7.06. The first-order chi connectivity index (χ1) is 10.9. The number of aromatic nitrogens is 3. The van der Waals surface area contributed by atoms with Crippen LogP contribution in [-0.4, -0.2) is 39.3 Å². The highest BCUT2D eigenvalue weighted by Crippen LogP contribution is 2.22. The zero-order valence-corrected chi connectivity index (χ0v) is 12.9. The molecule has 3 heterocycles. The van der Waals surface area contributed by atoms with E-state index in [0.717, 1.165) is 38.3 Å². The van der Waals surface area contributed by atoms with Gasteiger partial charge in [-0.3, -0.25) is 4.90 Å². The molecule has 0 aromatic carbocycles. The van der Waals surface area contributed by atoms with E-state index in [-0.39, 0.29) is 0 Å². The summed E-state index contributed by atoms with van der Waals surface area (Å²) >= 11 is 0. The Morgan fingerprint density at radius 2 is 2.23 bits per heavy atom. The minimum Gasteiger partial charge on any atom is -0.288 e. The molecule has 4 heteroatoms. The topological polar surface area (TPSA) is 34.0 Å². The van der Waals surface area contributed by atoms with Gasteiger partial charge < -0.3 is 0 Å². The molecular weight excluding hydrogens is 272 g/mol. The van der Waals surface area contributed by atoms with Crippen molar-refractivity contribution in [1.29, 1.82) is 0 Å². The van der Waals surface area contributed by atoms with Gasteiger partial charge in [0.1, 0.15) is 0 Å². The Kier molecular flexibility index (Phi) is 4.67. The van der Waals surface area contributed by atoms with Crippen molar-refractivity contribution >= 4 is 5.57 Å². The second-order valence-corrected chi connectivity index (χ2v) is 5.28. The molecule has 0 saturated carbocycles. The van der Waals surface area contributed by atoms with Gasteiger partial charge in [0.25, 0.3) is 0 Å². The molecule has 0 bridgehead atoms. The molecule has 0 spiro atoms. The summed E-state index contributed by atoms with van der Waals surface area (Å²) in [5.74, 6) is 7.18. The molecule has 0 aliphatic carbocycles. The third-order valence-corrected chi connectivity index (χ3v) is 3.74. The second-order valence-electron chi connectivity index (χ2n) is 5.28. The monoisotopic (exact) mass is 292 g/mol. The maximum Gasteiger partial charge on any atom is 0.153 e. The third kappa shape index (κ3) is 3.44. The van der Waals surface area contributed by atoms with E-state index < -0.39 is 0 Å². The molecule has 0 fully saturated rings. The van der Waals surface area contributed by atoms with Crippen LogP contribution in [0.15, 0.2) is 42.9 Å². The van der Waals surface area contributed by atoms with Gasteiger partial charge in [-0.05, 0) is 24.1 Å². The molecule has 1 aliphatic rings. The zero-order chi connectivity index (χ0) is 15.2. The van der Waals surface area contributed by atoms with Crippen molar-refractivity contribution in [3.8, 4) is 17.7 Å². The summed E-state index contributed by atoms with van der Waals surface area (Å²) in [5, 5.41) is 4.42. The highest BCUT2D eigenvalue weighted by Gasteiger charge is 2.13. The molecule has 4 nitrogen and oxygen atoms in total. The largest absolute Gasteiger partial charge is 0.288 e. The average Bonchev–Trinajstić information content (AvgIpc) is 3.07. The predicted octanol–water partition coefficient (Wildman–Crippen LogP) is 2.77. The summed E-state index contributed by atoms with van der Waals surface area (Å²) in [5.41, 5.74) is 2.55. The van der Waals surface area contributed by atoms with Crippen LogP contribution >= 0.6 is 0 Å². The molecule has 2 aromatic rings. The molecule has 0 atom stereocenters. The first kappa shape index (κ1) is 14.6. The van der Waals surface area contributed by atoms with Crippen LogP contribution in [0, 0.1) is 11.8 Å². The average molecular weight is 292 g/mol. The fourth-order valence-electron chi connectivity index (χ4n) is 2.51. The van der Waals surface area contributed by atoms with E-state index in [1.165, 1.54) is 11.1 Å². The van der Waals surface area contributed by atoms with Gasteiger partial charge in [-0.25, -0.2) is 9.67 Å². The molecule has 0 N–H and O–H groups in total. The van der Waals surface area contributed by atoms with E-state index in [4.69, 9.17) is 0 Å². The van der Waals surface area contributed by atoms with Crippen LogP contribution in [0.3, 0.4) is 0 Å². The van der Waals surface area contributed by atoms with E-state index in [1.54, 1.807) is 6.20 Å². The van der Waals surface area contributed by atoms with Gasteiger partial charge in [-0.15, -0.1) is 5.92 Å². The number of nitrogens with zero attached hydrogens (tertiary/aromatic N) is 4. The first-order valence-electron chi connectivity index (χ1n) is 7.70. The van der Waals surface area contributed by atoms with E-state index >= 15 is 0 Å². The summed E-state index contributed by atoms with van der Waals surface area (Å²) in [6, 6.07) is 5.84. The quantitative estimate of drug-likeness (QED) is 0.816. The van der Waals surface area contributed by atoms with E-state index in [1.807, 2.05) is 29.1 Å². The van der Waals surface area contributed by atoms with Gasteiger partial charge >= 0.3 is 0 Å². The Hall–Kier alpha value is -2.38. The Labute approximate surface area is 131 Å². The minimum atomic E-state index is 0.849. The maximum atomic E-state index is 4.42. The van der Waals surface area contributed by atoms with Crippen molar-refractivity contribution < 1.29 is 0 Å². The van der Waals surface area contributed by atoms with Crippen LogP contribution in [0.1, 0.15) is 25.3 Å². The molecular formula is C18H20N4. The maximum absolute atomic E-state index is 4.42. The Bertz CT molecular complexity index is 703. The lowest BCUT2D eigenvalue weighted by molar-refractivity contribution is 0.339. The van der Waals surface area contributed by atoms with Gasteiger partial charge in [-0.2, -0.15) is 5.10 Å². The lowest BCUT2D eigenvalue weighted by Gasteiger charge is -2.23. The number of hydrogen-bond acceptors (Lipinski definition) is 3. The van der Waals surface area contributed by atoms with E-state index in [9.17, 15) is 0 Å². The SMILES string of the molecule is CCC#CCN1CC=C(c2cnn(-c3ccccn3)c2)CC1. The molecule has 3 rings (SSSR count). The molecule has 1 aliphatic heterocycles. The van der Waals surface area contributed by atoms with Crippen LogP contribution < -0.4 is 0 Å². The standard InChI is InChI=1S/C18H20N4/c1-2-3-6-11-21-12-8-16(9-13-21)17-14-20-22(15-17)18-7-4-5-10-19-18/h4-5,7-8,10,14-15H,2,9,11-13H2,1H3. The lowest BCUT2D eigenvalue weighted by Crippen LogP contribution is -2.28. The zero-order valence-electron chi connectivity index (χ0n) is 12.9. The summed E-state index contributed by atoms with van der Waals surface area (Å²) < 4.78 is 1.83. The number of pyridine rings is 1. The normalized spacial score (nSPS) is 15.0. The predicted molar refractivity (Wildman–Crippen MR) is 88.5 cm³/mol. The lowest BCUT2D eigenvalue weighted by atomic mass is 10.0. The van der Waals surface area contributed by atoms with Crippen LogP contribution in [0.25, 0.3) is 11.4 Å². The summed E-state index contributed by atoms with van der Waals surface area (Å²) in [4.78, 5) is 6.69. The Morgan fingerprint density at radius 3 is 2.95 bits per heavy atom. The Morgan fingerprint density at radius 1 is 1.27 bits per heavy atom. The molecule has 0 amide bonds. The van der Waals surface area contributed by atoms with E-state index in [2.05, 4.69) is 46.0 Å². The van der Waals surface area contributed by atoms with Crippen molar-refractivity contribution in [3.05, 3.63) is 48.4 Å². The highest BCUT2D eigenvalue weighted by molar-refractivity contribution is 5.65. The summed E-state index contributed by atoms with van der Waals surface area (Å²) in [6.07, 6.45) is 10.0. The van der Waals surface area contributed by atoms with Gasteiger partial charge in [0.2, 0.25) is 0 Å². The van der Waals surface area contributed by atoms with E-state index in [0.29, 0.717) is 0 Å². The fourth-order valence-corrected chi connectivity index (χ4v) is 2.51. The Balaban J connectivity index is 1.67. The molecule has 2 aromatic heterocycles. The summed E-state index contributed by atoms with van der Waals surface area (Å²) in [7, 11) is 0. The van der Waals surface area contributed by atoms with Crippen LogP contribution in [-0.2, 0) is 0 Å². The van der Waals surface area contributed by atoms with Crippen molar-refractivity contribution in [2.45, 2.75) is 19.8 Å². The molecule has 22 heavy (non-hydrogen) atoms. The first-order valence-corrected chi connectivity index (χ1v) is 7.70.